The van der Waals surface area contributed by atoms with Gasteiger partial charge in [-0.05, 0) is 56.1 Å². The first-order valence-electron chi connectivity index (χ1n) is 18.2. The van der Waals surface area contributed by atoms with Crippen molar-refractivity contribution in [3.63, 3.8) is 0 Å². The minimum Gasteiger partial charge on any atom is -0.455 e. The van der Waals surface area contributed by atoms with E-state index in [0.717, 1.165) is 55.2 Å². The molecule has 0 atom stereocenters. The van der Waals surface area contributed by atoms with Gasteiger partial charge in [-0.1, -0.05) is 152 Å². The monoisotopic (exact) mass is 688 g/mol. The predicted molar refractivity (Wildman–Crippen MR) is 221 cm³/mol. The van der Waals surface area contributed by atoms with E-state index in [4.69, 9.17) is 19.4 Å². The Morgan fingerprint density at radius 1 is 0.370 bits per heavy atom. The summed E-state index contributed by atoms with van der Waals surface area (Å²) in [6, 6.07) is 59.5. The SMILES string of the molecule is c1ccc(-c2nc(-c3ccc(-c4cccc5c4oc4ccccc45)cc3)nc(-n3c4cccc5c6ccc7ccccc7c6c6cccc3c6c54)n2)cc1. The highest BCUT2D eigenvalue weighted by molar-refractivity contribution is 6.37. The second-order valence-electron chi connectivity index (χ2n) is 14.0. The van der Waals surface area contributed by atoms with Crippen molar-refractivity contribution in [3.8, 4) is 39.9 Å². The maximum Gasteiger partial charge on any atom is 0.238 e. The van der Waals surface area contributed by atoms with E-state index in [9.17, 15) is 0 Å². The molecule has 12 rings (SSSR count). The van der Waals surface area contributed by atoms with E-state index in [0.29, 0.717) is 17.6 Å². The summed E-state index contributed by atoms with van der Waals surface area (Å²) >= 11 is 0. The zero-order valence-electron chi connectivity index (χ0n) is 28.9. The third kappa shape index (κ3) is 4.12. The topological polar surface area (TPSA) is 56.7 Å². The predicted octanol–water partition coefficient (Wildman–Crippen LogP) is 12.8. The molecule has 0 aliphatic carbocycles. The Bertz CT molecular complexity index is 3430. The van der Waals surface area contributed by atoms with Crippen LogP contribution in [-0.2, 0) is 0 Å². The van der Waals surface area contributed by atoms with Gasteiger partial charge in [-0.15, -0.1) is 0 Å². The van der Waals surface area contributed by atoms with Crippen LogP contribution in [0.1, 0.15) is 0 Å². The van der Waals surface area contributed by atoms with Gasteiger partial charge in [0, 0.05) is 38.2 Å². The molecule has 54 heavy (non-hydrogen) atoms. The molecule has 9 aromatic carbocycles. The lowest BCUT2D eigenvalue weighted by molar-refractivity contribution is 0.670. The summed E-state index contributed by atoms with van der Waals surface area (Å²) < 4.78 is 8.59. The fourth-order valence-electron chi connectivity index (χ4n) is 8.63. The molecule has 0 fully saturated rings. The van der Waals surface area contributed by atoms with Gasteiger partial charge in [0.15, 0.2) is 11.6 Å². The molecule has 0 saturated carbocycles. The highest BCUT2D eigenvalue weighted by atomic mass is 16.3. The third-order valence-electron chi connectivity index (χ3n) is 11.0. The van der Waals surface area contributed by atoms with E-state index in [1.165, 1.54) is 43.1 Å². The molecular weight excluding hydrogens is 661 g/mol. The van der Waals surface area contributed by atoms with Crippen LogP contribution < -0.4 is 0 Å². The van der Waals surface area contributed by atoms with Crippen molar-refractivity contribution in [2.24, 2.45) is 0 Å². The molecule has 12 aromatic rings. The molecule has 5 nitrogen and oxygen atoms in total. The van der Waals surface area contributed by atoms with Crippen molar-refractivity contribution in [2.75, 3.05) is 0 Å². The molecule has 0 aliphatic heterocycles. The van der Waals surface area contributed by atoms with Crippen molar-refractivity contribution in [1.82, 2.24) is 19.5 Å². The average Bonchev–Trinajstić information content (AvgIpc) is 3.80. The summed E-state index contributed by atoms with van der Waals surface area (Å²) in [7, 11) is 0. The van der Waals surface area contributed by atoms with Crippen molar-refractivity contribution in [3.05, 3.63) is 170 Å². The smallest absolute Gasteiger partial charge is 0.238 e. The summed E-state index contributed by atoms with van der Waals surface area (Å²) in [4.78, 5) is 15.5. The first-order chi connectivity index (χ1) is 26.8. The van der Waals surface area contributed by atoms with E-state index in [2.05, 4.69) is 144 Å². The van der Waals surface area contributed by atoms with Crippen LogP contribution in [-0.4, -0.2) is 19.5 Å². The van der Waals surface area contributed by atoms with Gasteiger partial charge in [-0.3, -0.25) is 4.57 Å². The maximum absolute atomic E-state index is 6.37. The van der Waals surface area contributed by atoms with Crippen molar-refractivity contribution >= 4 is 76.1 Å². The van der Waals surface area contributed by atoms with Crippen LogP contribution in [0.15, 0.2) is 174 Å². The van der Waals surface area contributed by atoms with Gasteiger partial charge >= 0.3 is 0 Å². The first-order valence-corrected chi connectivity index (χ1v) is 18.2. The zero-order valence-corrected chi connectivity index (χ0v) is 28.9. The van der Waals surface area contributed by atoms with Gasteiger partial charge in [0.25, 0.3) is 0 Å². The van der Waals surface area contributed by atoms with E-state index in [1.807, 2.05) is 30.3 Å². The van der Waals surface area contributed by atoms with Gasteiger partial charge in [-0.25, -0.2) is 4.98 Å². The van der Waals surface area contributed by atoms with Crippen molar-refractivity contribution in [2.45, 2.75) is 0 Å². The number of hydrogen-bond acceptors (Lipinski definition) is 4. The maximum atomic E-state index is 6.37. The van der Waals surface area contributed by atoms with Crippen LogP contribution in [0.5, 0.6) is 0 Å². The van der Waals surface area contributed by atoms with Crippen LogP contribution >= 0.6 is 0 Å². The first kappa shape index (κ1) is 29.2. The molecule has 0 N–H and O–H groups in total. The number of aromatic nitrogens is 4. The molecule has 0 spiro atoms. The third-order valence-corrected chi connectivity index (χ3v) is 11.0. The number of benzene rings is 9. The van der Waals surface area contributed by atoms with Gasteiger partial charge < -0.3 is 4.42 Å². The molecule has 0 radical (unpaired) electrons. The summed E-state index contributed by atoms with van der Waals surface area (Å²) in [6.07, 6.45) is 0. The molecule has 0 bridgehead atoms. The Balaban J connectivity index is 1.09. The summed E-state index contributed by atoms with van der Waals surface area (Å²) in [5.74, 6) is 1.82. The minimum absolute atomic E-state index is 0.583. The second-order valence-corrected chi connectivity index (χ2v) is 14.0. The summed E-state index contributed by atoms with van der Waals surface area (Å²) in [5.41, 5.74) is 7.86. The quantitative estimate of drug-likeness (QED) is 0.173. The Morgan fingerprint density at radius 2 is 0.963 bits per heavy atom. The summed E-state index contributed by atoms with van der Waals surface area (Å²) in [5, 5.41) is 12.1. The lowest BCUT2D eigenvalue weighted by Gasteiger charge is -2.11. The molecule has 0 amide bonds. The average molecular weight is 689 g/mol. The number of nitrogens with zero attached hydrogens (tertiary/aromatic N) is 4. The largest absolute Gasteiger partial charge is 0.455 e. The van der Waals surface area contributed by atoms with Crippen LogP contribution in [0.25, 0.3) is 116 Å². The minimum atomic E-state index is 0.583. The normalized spacial score (nSPS) is 12.1. The number of hydrogen-bond donors (Lipinski definition) is 0. The van der Waals surface area contributed by atoms with Crippen LogP contribution in [0.3, 0.4) is 0 Å². The fraction of sp³-hybridized carbons (Fsp3) is 0. The molecule has 3 aromatic heterocycles. The van der Waals surface area contributed by atoms with E-state index >= 15 is 0 Å². The molecule has 3 heterocycles. The van der Waals surface area contributed by atoms with Crippen LogP contribution in [0, 0.1) is 0 Å². The second kappa shape index (κ2) is 11.1. The zero-order chi connectivity index (χ0) is 35.3. The van der Waals surface area contributed by atoms with E-state index < -0.39 is 0 Å². The van der Waals surface area contributed by atoms with Crippen molar-refractivity contribution in [1.29, 1.82) is 0 Å². The number of fused-ring (bicyclic) bond motifs is 8. The molecule has 5 heteroatoms. The Hall–Kier alpha value is -7.37. The standard InChI is InChI=1S/C49H28N4O/c1-2-12-31(13-3-1)47-50-48(32-25-23-30(24-26-32)34-16-8-18-38-35-15-6-7-22-42(35)54-46(34)38)52-49(51-47)53-40-20-9-17-36-37-28-27-29-11-4-5-14-33(29)43(37)39-19-10-21-41(53)45(39)44(36)40/h1-28H. The lowest BCUT2D eigenvalue weighted by atomic mass is 9.91. The van der Waals surface area contributed by atoms with Crippen LogP contribution in [0.2, 0.25) is 0 Å². The van der Waals surface area contributed by atoms with Crippen LogP contribution in [0.4, 0.5) is 0 Å². The summed E-state index contributed by atoms with van der Waals surface area (Å²) in [6.45, 7) is 0. The van der Waals surface area contributed by atoms with E-state index in [1.54, 1.807) is 0 Å². The highest BCUT2D eigenvalue weighted by Crippen LogP contribution is 2.45. The van der Waals surface area contributed by atoms with Gasteiger partial charge in [0.05, 0.1) is 11.0 Å². The lowest BCUT2D eigenvalue weighted by Crippen LogP contribution is -2.06. The van der Waals surface area contributed by atoms with Crippen molar-refractivity contribution < 1.29 is 4.42 Å². The molecule has 0 aliphatic rings. The fourth-order valence-corrected chi connectivity index (χ4v) is 8.63. The van der Waals surface area contributed by atoms with Gasteiger partial charge in [-0.2, -0.15) is 9.97 Å². The van der Waals surface area contributed by atoms with Gasteiger partial charge in [0.2, 0.25) is 5.95 Å². The highest BCUT2D eigenvalue weighted by Gasteiger charge is 2.23. The molecule has 250 valence electrons. The van der Waals surface area contributed by atoms with E-state index in [-0.39, 0.29) is 0 Å². The molecule has 0 unspecified atom stereocenters. The number of para-hydroxylation sites is 2. The molecular formula is C49H28N4O. The Kier molecular flexibility index (Phi) is 5.99. The molecule has 0 saturated heterocycles. The Morgan fingerprint density at radius 3 is 1.78 bits per heavy atom. The van der Waals surface area contributed by atoms with Gasteiger partial charge in [0.1, 0.15) is 11.2 Å². The number of rotatable bonds is 4. The Labute approximate surface area is 308 Å². The number of furan rings is 1.